The van der Waals surface area contributed by atoms with Gasteiger partial charge in [-0.3, -0.25) is 9.78 Å². The first kappa shape index (κ1) is 17.8. The predicted molar refractivity (Wildman–Crippen MR) is 104 cm³/mol. The fourth-order valence-corrected chi connectivity index (χ4v) is 3.77. The Hall–Kier alpha value is -2.63. The van der Waals surface area contributed by atoms with E-state index < -0.39 is 0 Å². The van der Waals surface area contributed by atoms with E-state index in [0.29, 0.717) is 12.5 Å². The van der Waals surface area contributed by atoms with Crippen LogP contribution in [0.1, 0.15) is 31.2 Å². The number of nitrogens with zero attached hydrogens (tertiary/aromatic N) is 3. The average Bonchev–Trinajstić information content (AvgIpc) is 3.53. The quantitative estimate of drug-likeness (QED) is 0.905. The molecule has 1 saturated carbocycles. The molecule has 2 heterocycles. The zero-order chi connectivity index (χ0) is 18.8. The Morgan fingerprint density at radius 3 is 2.70 bits per heavy atom. The van der Waals surface area contributed by atoms with Crippen molar-refractivity contribution in [3.63, 3.8) is 0 Å². The topological polar surface area (TPSA) is 65.5 Å². The van der Waals surface area contributed by atoms with Gasteiger partial charge >= 0.3 is 6.03 Å². The SMILES string of the molecule is CN(Cc1cccc2cnccc12)C(=O)NC1CCN(C(=O)C2CC2)CC1. The Balaban J connectivity index is 1.31. The summed E-state index contributed by atoms with van der Waals surface area (Å²) in [6, 6.07) is 8.14. The maximum atomic E-state index is 12.6. The maximum Gasteiger partial charge on any atom is 0.317 e. The van der Waals surface area contributed by atoms with E-state index in [1.807, 2.05) is 42.4 Å². The fourth-order valence-electron chi connectivity index (χ4n) is 3.77. The van der Waals surface area contributed by atoms with Crippen molar-refractivity contribution >= 4 is 22.7 Å². The van der Waals surface area contributed by atoms with Crippen LogP contribution in [-0.4, -0.2) is 52.9 Å². The number of pyridine rings is 1. The number of fused-ring (bicyclic) bond motifs is 1. The molecule has 0 radical (unpaired) electrons. The van der Waals surface area contributed by atoms with Gasteiger partial charge in [-0.2, -0.15) is 0 Å². The third-order valence-corrected chi connectivity index (χ3v) is 5.59. The van der Waals surface area contributed by atoms with Crippen LogP contribution in [0.5, 0.6) is 0 Å². The van der Waals surface area contributed by atoms with Crippen LogP contribution < -0.4 is 5.32 Å². The molecule has 6 heteroatoms. The highest BCUT2D eigenvalue weighted by Crippen LogP contribution is 2.31. The van der Waals surface area contributed by atoms with Crippen LogP contribution in [0.2, 0.25) is 0 Å². The molecule has 0 atom stereocenters. The summed E-state index contributed by atoms with van der Waals surface area (Å²) in [5, 5.41) is 5.33. The van der Waals surface area contributed by atoms with E-state index in [1.54, 1.807) is 11.1 Å². The molecule has 0 unspecified atom stereocenters. The molecule has 0 bridgehead atoms. The first-order valence-corrected chi connectivity index (χ1v) is 9.74. The molecule has 0 spiro atoms. The van der Waals surface area contributed by atoms with Gasteiger partial charge in [0, 0.05) is 56.4 Å². The van der Waals surface area contributed by atoms with Crippen molar-refractivity contribution < 1.29 is 9.59 Å². The van der Waals surface area contributed by atoms with Gasteiger partial charge < -0.3 is 15.1 Å². The maximum absolute atomic E-state index is 12.6. The first-order valence-electron chi connectivity index (χ1n) is 9.74. The van der Waals surface area contributed by atoms with Crippen LogP contribution in [0.4, 0.5) is 4.79 Å². The van der Waals surface area contributed by atoms with Crippen LogP contribution in [0.15, 0.2) is 36.7 Å². The number of likely N-dealkylation sites (tertiary alicyclic amines) is 1. The number of urea groups is 1. The Kier molecular flexibility index (Phi) is 4.97. The van der Waals surface area contributed by atoms with Crippen molar-refractivity contribution in [3.05, 3.63) is 42.2 Å². The van der Waals surface area contributed by atoms with E-state index in [-0.39, 0.29) is 18.0 Å². The summed E-state index contributed by atoms with van der Waals surface area (Å²) in [6.07, 6.45) is 7.38. The highest BCUT2D eigenvalue weighted by molar-refractivity contribution is 5.85. The van der Waals surface area contributed by atoms with Crippen LogP contribution in [0.3, 0.4) is 0 Å². The van der Waals surface area contributed by atoms with Crippen LogP contribution in [0.25, 0.3) is 10.8 Å². The van der Waals surface area contributed by atoms with E-state index in [1.165, 1.54) is 0 Å². The molecule has 6 nitrogen and oxygen atoms in total. The van der Waals surface area contributed by atoms with Gasteiger partial charge in [0.2, 0.25) is 5.91 Å². The molecule has 4 rings (SSSR count). The Labute approximate surface area is 159 Å². The van der Waals surface area contributed by atoms with E-state index in [9.17, 15) is 9.59 Å². The molecule has 1 aliphatic carbocycles. The second-order valence-corrected chi connectivity index (χ2v) is 7.69. The highest BCUT2D eigenvalue weighted by Gasteiger charge is 2.35. The Morgan fingerprint density at radius 2 is 1.96 bits per heavy atom. The zero-order valence-electron chi connectivity index (χ0n) is 15.7. The van der Waals surface area contributed by atoms with E-state index in [4.69, 9.17) is 0 Å². The lowest BCUT2D eigenvalue weighted by molar-refractivity contribution is -0.133. The van der Waals surface area contributed by atoms with Gasteiger partial charge in [-0.05, 0) is 42.7 Å². The molecule has 2 aromatic rings. The zero-order valence-corrected chi connectivity index (χ0v) is 15.7. The number of piperidine rings is 1. The number of hydrogen-bond acceptors (Lipinski definition) is 3. The van der Waals surface area contributed by atoms with Gasteiger partial charge in [0.25, 0.3) is 0 Å². The van der Waals surface area contributed by atoms with Crippen molar-refractivity contribution in [1.82, 2.24) is 20.1 Å². The number of rotatable bonds is 4. The lowest BCUT2D eigenvalue weighted by Gasteiger charge is -2.33. The third kappa shape index (κ3) is 4.04. The van der Waals surface area contributed by atoms with Gasteiger partial charge in [0.15, 0.2) is 0 Å². The molecule has 142 valence electrons. The smallest absolute Gasteiger partial charge is 0.317 e. The molecule has 1 aromatic carbocycles. The van der Waals surface area contributed by atoms with Crippen LogP contribution in [0, 0.1) is 5.92 Å². The van der Waals surface area contributed by atoms with Gasteiger partial charge in [0.05, 0.1) is 0 Å². The van der Waals surface area contributed by atoms with Crippen molar-refractivity contribution in [2.45, 2.75) is 38.3 Å². The van der Waals surface area contributed by atoms with Crippen molar-refractivity contribution in [1.29, 1.82) is 0 Å². The minimum atomic E-state index is -0.0620. The van der Waals surface area contributed by atoms with Crippen molar-refractivity contribution in [2.75, 3.05) is 20.1 Å². The second kappa shape index (κ2) is 7.55. The van der Waals surface area contributed by atoms with Gasteiger partial charge in [-0.25, -0.2) is 4.79 Å². The molecule has 2 fully saturated rings. The number of amides is 3. The minimum absolute atomic E-state index is 0.0620. The lowest BCUT2D eigenvalue weighted by atomic mass is 10.0. The second-order valence-electron chi connectivity index (χ2n) is 7.69. The Bertz CT molecular complexity index is 836. The number of benzene rings is 1. The minimum Gasteiger partial charge on any atom is -0.342 e. The molecule has 1 aliphatic heterocycles. The summed E-state index contributed by atoms with van der Waals surface area (Å²) >= 11 is 0. The molecule has 1 aromatic heterocycles. The predicted octanol–water partition coefficient (Wildman–Crippen LogP) is 2.78. The lowest BCUT2D eigenvalue weighted by Crippen LogP contribution is -2.49. The highest BCUT2D eigenvalue weighted by atomic mass is 16.2. The Morgan fingerprint density at radius 1 is 1.19 bits per heavy atom. The molecule has 2 aliphatic rings. The molecule has 3 amide bonds. The van der Waals surface area contributed by atoms with Gasteiger partial charge in [-0.1, -0.05) is 18.2 Å². The van der Waals surface area contributed by atoms with Crippen molar-refractivity contribution in [3.8, 4) is 0 Å². The van der Waals surface area contributed by atoms with Gasteiger partial charge in [0.1, 0.15) is 0 Å². The standard InChI is InChI=1S/C21H26N4O2/c1-24(14-17-4-2-3-16-13-22-10-7-19(16)17)21(27)23-18-8-11-25(12-9-18)20(26)15-5-6-15/h2-4,7,10,13,15,18H,5-6,8-9,11-12,14H2,1H3,(H,23,27). The molecule has 1 N–H and O–H groups in total. The number of carbonyl (C=O) groups is 2. The largest absolute Gasteiger partial charge is 0.342 e. The molecular weight excluding hydrogens is 340 g/mol. The number of nitrogens with one attached hydrogen (secondary N) is 1. The average molecular weight is 366 g/mol. The number of aromatic nitrogens is 1. The van der Waals surface area contributed by atoms with E-state index in [2.05, 4.69) is 10.3 Å². The summed E-state index contributed by atoms with van der Waals surface area (Å²) < 4.78 is 0. The van der Waals surface area contributed by atoms with Crippen LogP contribution in [-0.2, 0) is 11.3 Å². The first-order chi connectivity index (χ1) is 13.1. The third-order valence-electron chi connectivity index (χ3n) is 5.59. The summed E-state index contributed by atoms with van der Waals surface area (Å²) in [6.45, 7) is 2.05. The normalized spacial score (nSPS) is 17.7. The summed E-state index contributed by atoms with van der Waals surface area (Å²) in [5.74, 6) is 0.584. The molecular formula is C21H26N4O2. The van der Waals surface area contributed by atoms with Crippen LogP contribution >= 0.6 is 0 Å². The summed E-state index contributed by atoms with van der Waals surface area (Å²) in [7, 11) is 1.82. The summed E-state index contributed by atoms with van der Waals surface area (Å²) in [5.41, 5.74) is 1.11. The summed E-state index contributed by atoms with van der Waals surface area (Å²) in [4.78, 5) is 32.6. The number of hydrogen-bond donors (Lipinski definition) is 1. The monoisotopic (exact) mass is 366 g/mol. The van der Waals surface area contributed by atoms with E-state index in [0.717, 1.165) is 55.1 Å². The van der Waals surface area contributed by atoms with E-state index >= 15 is 0 Å². The number of carbonyl (C=O) groups excluding carboxylic acids is 2. The molecule has 27 heavy (non-hydrogen) atoms. The van der Waals surface area contributed by atoms with Crippen molar-refractivity contribution in [2.24, 2.45) is 5.92 Å². The fraction of sp³-hybridized carbons (Fsp3) is 0.476. The van der Waals surface area contributed by atoms with Gasteiger partial charge in [-0.15, -0.1) is 0 Å². The molecule has 1 saturated heterocycles.